The Hall–Kier alpha value is -2.85. The zero-order valence-corrected chi connectivity index (χ0v) is 17.5. The van der Waals surface area contributed by atoms with Crippen molar-refractivity contribution in [3.63, 3.8) is 0 Å². The van der Waals surface area contributed by atoms with Crippen molar-refractivity contribution in [3.05, 3.63) is 57.6 Å². The molecule has 1 atom stereocenters. The standard InChI is InChI=1S/C18H20ClN3O6S/c1-4-16(18(23)20-15-10-12(19)8-9-17(15)28-2)21(29(3,26)27)13-6-5-7-14(11-13)22(24)25/h5-11,16H,4H2,1-3H3,(H,20,23). The lowest BCUT2D eigenvalue weighted by atomic mass is 10.1. The lowest BCUT2D eigenvalue weighted by Gasteiger charge is -2.30. The molecule has 0 fully saturated rings. The van der Waals surface area contributed by atoms with E-state index >= 15 is 0 Å². The van der Waals surface area contributed by atoms with E-state index in [2.05, 4.69) is 5.32 Å². The van der Waals surface area contributed by atoms with Crippen LogP contribution in [0.2, 0.25) is 5.02 Å². The van der Waals surface area contributed by atoms with Gasteiger partial charge < -0.3 is 10.1 Å². The molecule has 0 aliphatic carbocycles. The summed E-state index contributed by atoms with van der Waals surface area (Å²) in [6.45, 7) is 1.63. The number of halogens is 1. The maximum atomic E-state index is 13.0. The molecular weight excluding hydrogens is 422 g/mol. The molecule has 11 heteroatoms. The highest BCUT2D eigenvalue weighted by atomic mass is 35.5. The van der Waals surface area contributed by atoms with Crippen molar-refractivity contribution >= 4 is 44.6 Å². The van der Waals surface area contributed by atoms with Gasteiger partial charge in [0.2, 0.25) is 15.9 Å². The number of methoxy groups -OCH3 is 1. The molecule has 1 unspecified atom stereocenters. The van der Waals surface area contributed by atoms with Crippen LogP contribution in [0.5, 0.6) is 5.75 Å². The number of nitrogens with one attached hydrogen (secondary N) is 1. The first-order valence-electron chi connectivity index (χ1n) is 8.46. The monoisotopic (exact) mass is 441 g/mol. The van der Waals surface area contributed by atoms with Crippen LogP contribution in [0.1, 0.15) is 13.3 Å². The van der Waals surface area contributed by atoms with Crippen LogP contribution in [0.4, 0.5) is 17.1 Å². The Morgan fingerprint density at radius 1 is 1.31 bits per heavy atom. The largest absolute Gasteiger partial charge is 0.495 e. The number of carbonyl (C=O) groups excluding carboxylic acids is 1. The number of nitro groups is 1. The molecule has 2 aromatic rings. The van der Waals surface area contributed by atoms with Crippen molar-refractivity contribution in [1.82, 2.24) is 0 Å². The summed E-state index contributed by atoms with van der Waals surface area (Å²) in [7, 11) is -2.52. The minimum atomic E-state index is -3.94. The Labute approximate surface area is 173 Å². The van der Waals surface area contributed by atoms with Gasteiger partial charge in [-0.05, 0) is 30.7 Å². The van der Waals surface area contributed by atoms with Crippen molar-refractivity contribution in [3.8, 4) is 5.75 Å². The molecule has 0 heterocycles. The average Bonchev–Trinajstić information content (AvgIpc) is 2.65. The third-order valence-electron chi connectivity index (χ3n) is 4.04. The van der Waals surface area contributed by atoms with Crippen LogP contribution in [0.15, 0.2) is 42.5 Å². The van der Waals surface area contributed by atoms with Crippen LogP contribution >= 0.6 is 11.6 Å². The van der Waals surface area contributed by atoms with Crippen molar-refractivity contribution in [2.45, 2.75) is 19.4 Å². The van der Waals surface area contributed by atoms with E-state index in [4.69, 9.17) is 16.3 Å². The number of ether oxygens (including phenoxy) is 1. The summed E-state index contributed by atoms with van der Waals surface area (Å²) in [4.78, 5) is 23.4. The van der Waals surface area contributed by atoms with E-state index in [0.29, 0.717) is 10.8 Å². The molecule has 0 spiro atoms. The third kappa shape index (κ3) is 5.36. The molecule has 0 bridgehead atoms. The molecule has 9 nitrogen and oxygen atoms in total. The highest BCUT2D eigenvalue weighted by molar-refractivity contribution is 7.92. The zero-order chi connectivity index (χ0) is 21.8. The second-order valence-corrected chi connectivity index (χ2v) is 8.39. The topological polar surface area (TPSA) is 119 Å². The molecule has 0 saturated heterocycles. The maximum Gasteiger partial charge on any atom is 0.271 e. The van der Waals surface area contributed by atoms with Crippen LogP contribution in [0.25, 0.3) is 0 Å². The van der Waals surface area contributed by atoms with Crippen LogP contribution in [-0.4, -0.2) is 38.7 Å². The van der Waals surface area contributed by atoms with Gasteiger partial charge in [0.15, 0.2) is 0 Å². The molecule has 2 rings (SSSR count). The quantitative estimate of drug-likeness (QED) is 0.495. The highest BCUT2D eigenvalue weighted by Gasteiger charge is 2.32. The average molecular weight is 442 g/mol. The maximum absolute atomic E-state index is 13.0. The Kier molecular flexibility index (Phi) is 7.04. The fourth-order valence-corrected chi connectivity index (χ4v) is 4.17. The van der Waals surface area contributed by atoms with E-state index in [0.717, 1.165) is 16.6 Å². The van der Waals surface area contributed by atoms with Crippen molar-refractivity contribution in [1.29, 1.82) is 0 Å². The minimum Gasteiger partial charge on any atom is -0.495 e. The smallest absolute Gasteiger partial charge is 0.271 e. The van der Waals surface area contributed by atoms with Gasteiger partial charge in [0.1, 0.15) is 11.8 Å². The van der Waals surface area contributed by atoms with Gasteiger partial charge in [-0.2, -0.15) is 0 Å². The fourth-order valence-electron chi connectivity index (χ4n) is 2.80. The van der Waals surface area contributed by atoms with E-state index in [1.165, 1.54) is 31.4 Å². The number of nitrogens with zero attached hydrogens (tertiary/aromatic N) is 2. The molecule has 1 amide bonds. The number of nitro benzene ring substituents is 1. The number of sulfonamides is 1. The number of anilines is 2. The summed E-state index contributed by atoms with van der Waals surface area (Å²) in [6.07, 6.45) is 1.05. The van der Waals surface area contributed by atoms with Crippen LogP contribution in [0.3, 0.4) is 0 Å². The van der Waals surface area contributed by atoms with Gasteiger partial charge in [-0.25, -0.2) is 8.42 Å². The summed E-state index contributed by atoms with van der Waals surface area (Å²) in [5.74, 6) is -0.288. The van der Waals surface area contributed by atoms with Gasteiger partial charge in [-0.3, -0.25) is 19.2 Å². The Bertz CT molecular complexity index is 1030. The van der Waals surface area contributed by atoms with Crippen LogP contribution in [-0.2, 0) is 14.8 Å². The first-order chi connectivity index (χ1) is 13.6. The first-order valence-corrected chi connectivity index (χ1v) is 10.7. The Morgan fingerprint density at radius 3 is 2.55 bits per heavy atom. The summed E-state index contributed by atoms with van der Waals surface area (Å²) < 4.78 is 31.0. The van der Waals surface area contributed by atoms with Crippen LogP contribution < -0.4 is 14.4 Å². The number of hydrogen-bond donors (Lipinski definition) is 1. The molecule has 0 aromatic heterocycles. The van der Waals surface area contributed by atoms with E-state index in [-0.39, 0.29) is 23.5 Å². The molecule has 29 heavy (non-hydrogen) atoms. The van der Waals surface area contributed by atoms with E-state index < -0.39 is 26.9 Å². The van der Waals surface area contributed by atoms with Gasteiger partial charge >= 0.3 is 0 Å². The lowest BCUT2D eigenvalue weighted by molar-refractivity contribution is -0.384. The lowest BCUT2D eigenvalue weighted by Crippen LogP contribution is -2.47. The van der Waals surface area contributed by atoms with Gasteiger partial charge in [0.25, 0.3) is 5.69 Å². The van der Waals surface area contributed by atoms with Crippen molar-refractivity contribution in [2.75, 3.05) is 23.0 Å². The van der Waals surface area contributed by atoms with Crippen molar-refractivity contribution < 1.29 is 22.9 Å². The fraction of sp³-hybridized carbons (Fsp3) is 0.278. The van der Waals surface area contributed by atoms with Gasteiger partial charge in [0.05, 0.1) is 29.7 Å². The van der Waals surface area contributed by atoms with Gasteiger partial charge in [0, 0.05) is 17.2 Å². The van der Waals surface area contributed by atoms with E-state index in [1.807, 2.05) is 0 Å². The second kappa shape index (κ2) is 9.10. The SMILES string of the molecule is CCC(C(=O)Nc1cc(Cl)ccc1OC)N(c1cccc([N+](=O)[O-])c1)S(C)(=O)=O. The molecule has 1 N–H and O–H groups in total. The molecule has 156 valence electrons. The number of hydrogen-bond acceptors (Lipinski definition) is 6. The number of rotatable bonds is 8. The molecular formula is C18H20ClN3O6S. The predicted octanol–water partition coefficient (Wildman–Crippen LogP) is 3.44. The molecule has 0 saturated carbocycles. The summed E-state index contributed by atoms with van der Waals surface area (Å²) >= 11 is 5.97. The number of benzene rings is 2. The highest BCUT2D eigenvalue weighted by Crippen LogP contribution is 2.30. The molecule has 0 radical (unpaired) electrons. The second-order valence-electron chi connectivity index (χ2n) is 6.09. The molecule has 2 aromatic carbocycles. The summed E-state index contributed by atoms with van der Waals surface area (Å²) in [5.41, 5.74) is 0.000578. The third-order valence-corrected chi connectivity index (χ3v) is 5.46. The van der Waals surface area contributed by atoms with Gasteiger partial charge in [-0.1, -0.05) is 24.6 Å². The zero-order valence-electron chi connectivity index (χ0n) is 16.0. The Morgan fingerprint density at radius 2 is 2.00 bits per heavy atom. The predicted molar refractivity (Wildman–Crippen MR) is 111 cm³/mol. The summed E-state index contributed by atoms with van der Waals surface area (Å²) in [5, 5.41) is 14.1. The normalized spacial score (nSPS) is 12.1. The molecule has 0 aliphatic heterocycles. The van der Waals surface area contributed by atoms with Crippen LogP contribution in [0, 0.1) is 10.1 Å². The number of amides is 1. The number of carbonyl (C=O) groups is 1. The minimum absolute atomic E-state index is 0.0155. The van der Waals surface area contributed by atoms with E-state index in [1.54, 1.807) is 19.1 Å². The van der Waals surface area contributed by atoms with E-state index in [9.17, 15) is 23.3 Å². The van der Waals surface area contributed by atoms with Gasteiger partial charge in [-0.15, -0.1) is 0 Å². The number of non-ortho nitro benzene ring substituents is 1. The summed E-state index contributed by atoms with van der Waals surface area (Å²) in [6, 6.07) is 8.56. The van der Waals surface area contributed by atoms with Crippen molar-refractivity contribution in [2.24, 2.45) is 0 Å². The Balaban J connectivity index is 2.47. The first kappa shape index (κ1) is 22.4. The molecule has 0 aliphatic rings.